The van der Waals surface area contributed by atoms with Crippen molar-refractivity contribution in [2.45, 2.75) is 27.7 Å². The number of carboxylic acid groups (broad SMARTS) is 1. The molecule has 1 aliphatic heterocycles. The SMILES string of the molecule is Cc1ccc(C)c2c1C(=O)C(=O)N2CC(C)(C)C(=O)O. The Hall–Kier alpha value is -2.17. The lowest BCUT2D eigenvalue weighted by Crippen LogP contribution is -2.42. The van der Waals surface area contributed by atoms with Gasteiger partial charge >= 0.3 is 5.97 Å². The van der Waals surface area contributed by atoms with Gasteiger partial charge in [-0.25, -0.2) is 0 Å². The summed E-state index contributed by atoms with van der Waals surface area (Å²) in [5, 5.41) is 9.20. The molecule has 1 aromatic rings. The number of carbonyl (C=O) groups excluding carboxylic acids is 2. The lowest BCUT2D eigenvalue weighted by Gasteiger charge is -2.27. The van der Waals surface area contributed by atoms with Gasteiger partial charge in [-0.3, -0.25) is 14.4 Å². The molecule has 0 bridgehead atoms. The predicted molar refractivity (Wildman–Crippen MR) is 74.0 cm³/mol. The molecule has 0 spiro atoms. The number of aliphatic carboxylic acids is 1. The molecule has 0 aliphatic carbocycles. The van der Waals surface area contributed by atoms with Crippen LogP contribution in [0.5, 0.6) is 0 Å². The highest BCUT2D eigenvalue weighted by molar-refractivity contribution is 6.52. The Morgan fingerprint density at radius 1 is 1.20 bits per heavy atom. The fourth-order valence-electron chi connectivity index (χ4n) is 2.38. The van der Waals surface area contributed by atoms with Crippen LogP contribution in [-0.2, 0) is 9.59 Å². The zero-order valence-corrected chi connectivity index (χ0v) is 12.0. The molecule has 0 radical (unpaired) electrons. The summed E-state index contributed by atoms with van der Waals surface area (Å²) in [6.45, 7) is 6.64. The van der Waals surface area contributed by atoms with Gasteiger partial charge in [-0.05, 0) is 38.8 Å². The van der Waals surface area contributed by atoms with Gasteiger partial charge in [-0.15, -0.1) is 0 Å². The molecule has 5 nitrogen and oxygen atoms in total. The van der Waals surface area contributed by atoms with Crippen molar-refractivity contribution in [3.05, 3.63) is 28.8 Å². The van der Waals surface area contributed by atoms with Crippen LogP contribution < -0.4 is 4.90 Å². The Morgan fingerprint density at radius 2 is 1.75 bits per heavy atom. The minimum Gasteiger partial charge on any atom is -0.481 e. The molecule has 0 saturated carbocycles. The molecule has 20 heavy (non-hydrogen) atoms. The smallest absolute Gasteiger partial charge is 0.310 e. The van der Waals surface area contributed by atoms with E-state index in [0.29, 0.717) is 11.3 Å². The largest absolute Gasteiger partial charge is 0.481 e. The third-order valence-electron chi connectivity index (χ3n) is 3.66. The number of anilines is 1. The predicted octanol–water partition coefficient (Wildman–Crippen LogP) is 1.94. The van der Waals surface area contributed by atoms with Gasteiger partial charge in [-0.1, -0.05) is 12.1 Å². The van der Waals surface area contributed by atoms with Gasteiger partial charge in [0.2, 0.25) is 0 Å². The summed E-state index contributed by atoms with van der Waals surface area (Å²) in [4.78, 5) is 36.8. The number of nitrogens with zero attached hydrogens (tertiary/aromatic N) is 1. The average Bonchev–Trinajstić information content (AvgIpc) is 2.59. The van der Waals surface area contributed by atoms with Gasteiger partial charge in [0, 0.05) is 6.54 Å². The Balaban J connectivity index is 2.54. The molecule has 1 aromatic carbocycles. The van der Waals surface area contributed by atoms with Crippen LogP contribution in [0.1, 0.15) is 35.3 Å². The molecule has 0 saturated heterocycles. The number of ketones is 1. The van der Waals surface area contributed by atoms with Gasteiger partial charge in [-0.2, -0.15) is 0 Å². The van der Waals surface area contributed by atoms with E-state index < -0.39 is 23.1 Å². The number of aryl methyl sites for hydroxylation is 2. The van der Waals surface area contributed by atoms with Gasteiger partial charge in [0.05, 0.1) is 16.7 Å². The number of rotatable bonds is 3. The first-order valence-corrected chi connectivity index (χ1v) is 6.36. The Bertz CT molecular complexity index is 631. The van der Waals surface area contributed by atoms with E-state index in [0.717, 1.165) is 11.1 Å². The number of hydrogen-bond acceptors (Lipinski definition) is 3. The highest BCUT2D eigenvalue weighted by atomic mass is 16.4. The maximum atomic E-state index is 12.2. The summed E-state index contributed by atoms with van der Waals surface area (Å²) < 4.78 is 0. The quantitative estimate of drug-likeness (QED) is 0.855. The van der Waals surface area contributed by atoms with Crippen molar-refractivity contribution in [3.8, 4) is 0 Å². The van der Waals surface area contributed by atoms with Gasteiger partial charge < -0.3 is 10.0 Å². The second-order valence-corrected chi connectivity index (χ2v) is 5.83. The summed E-state index contributed by atoms with van der Waals surface area (Å²) in [6, 6.07) is 3.63. The van der Waals surface area contributed by atoms with Gasteiger partial charge in [0.1, 0.15) is 0 Å². The summed E-state index contributed by atoms with van der Waals surface area (Å²) in [6.07, 6.45) is 0. The van der Waals surface area contributed by atoms with E-state index >= 15 is 0 Å². The molecule has 5 heteroatoms. The number of hydrogen-bond donors (Lipinski definition) is 1. The number of benzene rings is 1. The fraction of sp³-hybridized carbons (Fsp3) is 0.400. The molecule has 106 valence electrons. The lowest BCUT2D eigenvalue weighted by molar-refractivity contribution is -0.146. The van der Waals surface area contributed by atoms with Gasteiger partial charge in [0.15, 0.2) is 0 Å². The molecule has 2 rings (SSSR count). The average molecular weight is 275 g/mol. The zero-order valence-electron chi connectivity index (χ0n) is 12.0. The molecule has 0 atom stereocenters. The van der Waals surface area contributed by atoms with Crippen molar-refractivity contribution < 1.29 is 19.5 Å². The van der Waals surface area contributed by atoms with Crippen LogP contribution >= 0.6 is 0 Å². The highest BCUT2D eigenvalue weighted by Crippen LogP contribution is 2.36. The van der Waals surface area contributed by atoms with E-state index in [-0.39, 0.29) is 6.54 Å². The molecule has 1 heterocycles. The number of fused-ring (bicyclic) bond motifs is 1. The molecule has 0 aromatic heterocycles. The number of carboxylic acids is 1. The normalized spacial score (nSPS) is 14.7. The Labute approximate surface area is 117 Å². The number of carbonyl (C=O) groups is 3. The first-order chi connectivity index (χ1) is 9.16. The van der Waals surface area contributed by atoms with Crippen LogP contribution in [0.25, 0.3) is 0 Å². The molecule has 0 fully saturated rings. The summed E-state index contributed by atoms with van der Waals surface area (Å²) in [5.74, 6) is -2.20. The topological polar surface area (TPSA) is 74.7 Å². The highest BCUT2D eigenvalue weighted by Gasteiger charge is 2.42. The van der Waals surface area contributed by atoms with E-state index in [4.69, 9.17) is 0 Å². The van der Waals surface area contributed by atoms with E-state index in [1.165, 1.54) is 18.7 Å². The van der Waals surface area contributed by atoms with Crippen molar-refractivity contribution in [1.82, 2.24) is 0 Å². The molecule has 1 amide bonds. The van der Waals surface area contributed by atoms with E-state index in [2.05, 4.69) is 0 Å². The van der Waals surface area contributed by atoms with Crippen molar-refractivity contribution >= 4 is 23.3 Å². The minimum absolute atomic E-state index is 0.0236. The number of amides is 1. The number of Topliss-reactive ketones (excluding diaryl/α,β-unsaturated/α-hetero) is 1. The van der Waals surface area contributed by atoms with E-state index in [1.807, 2.05) is 13.0 Å². The van der Waals surface area contributed by atoms with Gasteiger partial charge in [0.25, 0.3) is 11.7 Å². The van der Waals surface area contributed by atoms with Crippen molar-refractivity contribution in [1.29, 1.82) is 0 Å². The molecule has 0 unspecified atom stereocenters. The Morgan fingerprint density at radius 3 is 2.30 bits per heavy atom. The molecular formula is C15H17NO4. The molecular weight excluding hydrogens is 258 g/mol. The van der Waals surface area contributed by atoms with Crippen LogP contribution in [0.3, 0.4) is 0 Å². The first-order valence-electron chi connectivity index (χ1n) is 6.36. The third-order valence-corrected chi connectivity index (χ3v) is 3.66. The summed E-state index contributed by atoms with van der Waals surface area (Å²) in [5.41, 5.74) is 1.37. The van der Waals surface area contributed by atoms with Crippen molar-refractivity contribution in [2.75, 3.05) is 11.4 Å². The van der Waals surface area contributed by atoms with Crippen LogP contribution in [0, 0.1) is 19.3 Å². The third kappa shape index (κ3) is 1.99. The van der Waals surface area contributed by atoms with E-state index in [1.54, 1.807) is 13.0 Å². The van der Waals surface area contributed by atoms with Crippen LogP contribution in [0.4, 0.5) is 5.69 Å². The molecule has 1 aliphatic rings. The van der Waals surface area contributed by atoms with E-state index in [9.17, 15) is 19.5 Å². The van der Waals surface area contributed by atoms with Crippen LogP contribution in [0.2, 0.25) is 0 Å². The second-order valence-electron chi connectivity index (χ2n) is 5.83. The summed E-state index contributed by atoms with van der Waals surface area (Å²) in [7, 11) is 0. The second kappa shape index (κ2) is 4.44. The minimum atomic E-state index is -1.12. The zero-order chi connectivity index (χ0) is 15.2. The maximum Gasteiger partial charge on any atom is 0.310 e. The van der Waals surface area contributed by atoms with Crippen molar-refractivity contribution in [3.63, 3.8) is 0 Å². The molecule has 1 N–H and O–H groups in total. The monoisotopic (exact) mass is 275 g/mol. The standard InChI is InChI=1S/C15H17NO4/c1-8-5-6-9(2)11-10(8)12(17)13(18)16(11)7-15(3,4)14(19)20/h5-6H,7H2,1-4H3,(H,19,20). The van der Waals surface area contributed by atoms with Crippen LogP contribution in [0.15, 0.2) is 12.1 Å². The fourth-order valence-corrected chi connectivity index (χ4v) is 2.38. The maximum absolute atomic E-state index is 12.2. The van der Waals surface area contributed by atoms with Crippen molar-refractivity contribution in [2.24, 2.45) is 5.41 Å². The Kier molecular flexibility index (Phi) is 3.16. The first kappa shape index (κ1) is 14.2. The van der Waals surface area contributed by atoms with Crippen LogP contribution in [-0.4, -0.2) is 29.3 Å². The lowest BCUT2D eigenvalue weighted by atomic mass is 9.92. The summed E-state index contributed by atoms with van der Waals surface area (Å²) >= 11 is 0.